The number of hydrogen-bond donors (Lipinski definition) is 1. The van der Waals surface area contributed by atoms with Crippen molar-refractivity contribution in [3.8, 4) is 0 Å². The van der Waals surface area contributed by atoms with E-state index in [1.807, 2.05) is 6.08 Å². The fourth-order valence-corrected chi connectivity index (χ4v) is 3.38. The Morgan fingerprint density at radius 3 is 1.81 bits per heavy atom. The molecule has 0 aromatic rings. The highest BCUT2D eigenvalue weighted by atomic mass is 127. The van der Waals surface area contributed by atoms with Gasteiger partial charge in [-0.2, -0.15) is 0 Å². The van der Waals surface area contributed by atoms with E-state index in [9.17, 15) is 0 Å². The largest absolute Gasteiger partial charge is 0.392 e. The molecule has 2 atom stereocenters. The predicted molar refractivity (Wildman–Crippen MR) is 104 cm³/mol. The van der Waals surface area contributed by atoms with Gasteiger partial charge in [-0.3, -0.25) is 0 Å². The Labute approximate surface area is 147 Å². The lowest BCUT2D eigenvalue weighted by molar-refractivity contribution is 0.342. The van der Waals surface area contributed by atoms with Crippen LogP contribution in [0, 0.1) is 17.8 Å². The Kier molecular flexibility index (Phi) is 14.3. The molecule has 0 bridgehead atoms. The second-order valence-electron chi connectivity index (χ2n) is 7.19. The zero-order valence-electron chi connectivity index (χ0n) is 14.7. The zero-order valence-corrected chi connectivity index (χ0v) is 16.9. The van der Waals surface area contributed by atoms with Crippen LogP contribution in [0.25, 0.3) is 0 Å². The summed E-state index contributed by atoms with van der Waals surface area (Å²) in [7, 11) is 0. The Balaban J connectivity index is 3.52. The van der Waals surface area contributed by atoms with Crippen molar-refractivity contribution >= 4 is 22.6 Å². The Morgan fingerprint density at radius 2 is 1.33 bits per heavy atom. The molecule has 0 aromatic heterocycles. The minimum atomic E-state index is 0.183. The summed E-state index contributed by atoms with van der Waals surface area (Å²) in [4.78, 5) is 0. The molecule has 0 heterocycles. The maximum Gasteiger partial charge on any atom is 0.0622 e. The van der Waals surface area contributed by atoms with Gasteiger partial charge in [0.25, 0.3) is 0 Å². The quantitative estimate of drug-likeness (QED) is 0.335. The molecule has 0 fully saturated rings. The highest BCUT2D eigenvalue weighted by Gasteiger charge is 2.06. The van der Waals surface area contributed by atoms with Crippen molar-refractivity contribution in [2.24, 2.45) is 17.8 Å². The van der Waals surface area contributed by atoms with Gasteiger partial charge in [-0.15, -0.1) is 0 Å². The number of aliphatic hydroxyl groups excluding tert-OH is 1. The first-order chi connectivity index (χ1) is 9.95. The number of aliphatic hydroxyl groups is 1. The van der Waals surface area contributed by atoms with Crippen molar-refractivity contribution in [3.05, 3.63) is 9.66 Å². The average molecular weight is 408 g/mol. The van der Waals surface area contributed by atoms with E-state index < -0.39 is 0 Å². The molecule has 2 heteroatoms. The van der Waals surface area contributed by atoms with Gasteiger partial charge >= 0.3 is 0 Å². The molecule has 0 spiro atoms. The standard InChI is InChI=1S/C19H37IO/c1-16(2)8-5-9-17(3)10-6-11-18(4)12-7-13-19(20)14-15-21/h14,16-18,21H,5-13,15H2,1-4H3/t17-,18-/m1/s1. The van der Waals surface area contributed by atoms with Gasteiger partial charge in [0.05, 0.1) is 6.61 Å². The van der Waals surface area contributed by atoms with Gasteiger partial charge in [-0.1, -0.05) is 72.6 Å². The fraction of sp³-hybridized carbons (Fsp3) is 0.895. The van der Waals surface area contributed by atoms with Crippen molar-refractivity contribution < 1.29 is 5.11 Å². The highest BCUT2D eigenvalue weighted by molar-refractivity contribution is 14.1. The third-order valence-electron chi connectivity index (χ3n) is 4.30. The molecule has 0 saturated heterocycles. The summed E-state index contributed by atoms with van der Waals surface area (Å²) in [6.07, 6.45) is 14.0. The maximum atomic E-state index is 8.82. The van der Waals surface area contributed by atoms with E-state index in [0.29, 0.717) is 0 Å². The van der Waals surface area contributed by atoms with Gasteiger partial charge in [-0.25, -0.2) is 0 Å². The van der Waals surface area contributed by atoms with Crippen molar-refractivity contribution in [1.29, 1.82) is 0 Å². The third-order valence-corrected chi connectivity index (χ3v) is 5.28. The average Bonchev–Trinajstić information content (AvgIpc) is 2.38. The van der Waals surface area contributed by atoms with Crippen LogP contribution in [0.15, 0.2) is 9.66 Å². The monoisotopic (exact) mass is 408 g/mol. The van der Waals surface area contributed by atoms with Crippen LogP contribution in [0.3, 0.4) is 0 Å². The molecule has 1 nitrogen and oxygen atoms in total. The number of halogens is 1. The molecule has 0 aliphatic carbocycles. The van der Waals surface area contributed by atoms with Crippen molar-refractivity contribution in [3.63, 3.8) is 0 Å². The number of hydrogen-bond acceptors (Lipinski definition) is 1. The van der Waals surface area contributed by atoms with Crippen LogP contribution in [-0.4, -0.2) is 11.7 Å². The van der Waals surface area contributed by atoms with Crippen LogP contribution in [-0.2, 0) is 0 Å². The summed E-state index contributed by atoms with van der Waals surface area (Å²) in [6, 6.07) is 0. The van der Waals surface area contributed by atoms with E-state index in [2.05, 4.69) is 50.3 Å². The third kappa shape index (κ3) is 15.1. The maximum absolute atomic E-state index is 8.82. The van der Waals surface area contributed by atoms with Gasteiger partial charge in [0.2, 0.25) is 0 Å². The van der Waals surface area contributed by atoms with Gasteiger partial charge in [-0.05, 0) is 62.8 Å². The summed E-state index contributed by atoms with van der Waals surface area (Å²) in [5.41, 5.74) is 0. The molecule has 0 radical (unpaired) electrons. The van der Waals surface area contributed by atoms with Crippen molar-refractivity contribution in [1.82, 2.24) is 0 Å². The lowest BCUT2D eigenvalue weighted by Gasteiger charge is -2.15. The molecular formula is C19H37IO. The van der Waals surface area contributed by atoms with E-state index in [4.69, 9.17) is 5.11 Å². The first-order valence-electron chi connectivity index (χ1n) is 8.91. The fourth-order valence-electron chi connectivity index (χ4n) is 2.80. The first-order valence-corrected chi connectivity index (χ1v) is 9.99. The number of allylic oxidation sites excluding steroid dienone is 1. The highest BCUT2D eigenvalue weighted by Crippen LogP contribution is 2.23. The molecular weight excluding hydrogens is 371 g/mol. The Hall–Kier alpha value is 0.430. The normalized spacial score (nSPS) is 15.5. The minimum Gasteiger partial charge on any atom is -0.392 e. The molecule has 0 aromatic carbocycles. The Bertz CT molecular complexity index is 260. The van der Waals surface area contributed by atoms with Gasteiger partial charge < -0.3 is 5.11 Å². The van der Waals surface area contributed by atoms with Crippen LogP contribution >= 0.6 is 22.6 Å². The lowest BCUT2D eigenvalue weighted by Crippen LogP contribution is -2.00. The molecule has 0 amide bonds. The predicted octanol–water partition coefficient (Wildman–Crippen LogP) is 6.74. The molecule has 21 heavy (non-hydrogen) atoms. The minimum absolute atomic E-state index is 0.183. The van der Waals surface area contributed by atoms with Crippen molar-refractivity contribution in [2.45, 2.75) is 85.5 Å². The molecule has 0 rings (SSSR count). The summed E-state index contributed by atoms with van der Waals surface area (Å²) in [5.74, 6) is 2.62. The number of rotatable bonds is 13. The van der Waals surface area contributed by atoms with Gasteiger partial charge in [0.1, 0.15) is 0 Å². The summed E-state index contributed by atoms with van der Waals surface area (Å²) < 4.78 is 1.31. The summed E-state index contributed by atoms with van der Waals surface area (Å²) in [5, 5.41) is 8.82. The van der Waals surface area contributed by atoms with Gasteiger partial charge in [0.15, 0.2) is 0 Å². The zero-order chi connectivity index (χ0) is 16.1. The van der Waals surface area contributed by atoms with Crippen LogP contribution < -0.4 is 0 Å². The van der Waals surface area contributed by atoms with Crippen LogP contribution in [0.4, 0.5) is 0 Å². The van der Waals surface area contributed by atoms with Crippen molar-refractivity contribution in [2.75, 3.05) is 6.61 Å². The topological polar surface area (TPSA) is 20.2 Å². The van der Waals surface area contributed by atoms with Crippen LogP contribution in [0.1, 0.15) is 85.5 Å². The first kappa shape index (κ1) is 21.4. The molecule has 126 valence electrons. The van der Waals surface area contributed by atoms with Crippen LogP contribution in [0.2, 0.25) is 0 Å². The second-order valence-corrected chi connectivity index (χ2v) is 8.58. The van der Waals surface area contributed by atoms with Crippen LogP contribution in [0.5, 0.6) is 0 Å². The molecule has 0 aliphatic rings. The van der Waals surface area contributed by atoms with E-state index in [-0.39, 0.29) is 6.61 Å². The molecule has 1 N–H and O–H groups in total. The Morgan fingerprint density at radius 1 is 0.857 bits per heavy atom. The molecule has 0 aliphatic heterocycles. The summed E-state index contributed by atoms with van der Waals surface area (Å²) in [6.45, 7) is 9.65. The second kappa shape index (κ2) is 14.0. The van der Waals surface area contributed by atoms with E-state index in [1.54, 1.807) is 0 Å². The lowest BCUT2D eigenvalue weighted by atomic mass is 9.92. The SMILES string of the molecule is CC(C)CCC[C@@H](C)CCC[C@@H](C)CCCC(I)=CCO. The molecule has 0 saturated carbocycles. The van der Waals surface area contributed by atoms with E-state index in [0.717, 1.165) is 24.2 Å². The van der Waals surface area contributed by atoms with Gasteiger partial charge in [0, 0.05) is 0 Å². The van der Waals surface area contributed by atoms with E-state index >= 15 is 0 Å². The van der Waals surface area contributed by atoms with E-state index in [1.165, 1.54) is 54.9 Å². The summed E-state index contributed by atoms with van der Waals surface area (Å²) >= 11 is 2.34. The smallest absolute Gasteiger partial charge is 0.0622 e. The molecule has 0 unspecified atom stereocenters.